The van der Waals surface area contributed by atoms with Crippen molar-refractivity contribution in [2.24, 2.45) is 4.99 Å². The Morgan fingerprint density at radius 1 is 0.951 bits per heavy atom. The minimum Gasteiger partial charge on any atom is -0.475 e. The maximum Gasteiger partial charge on any atom is 0.216 e. The van der Waals surface area contributed by atoms with Gasteiger partial charge in [0.25, 0.3) is 0 Å². The van der Waals surface area contributed by atoms with Crippen molar-refractivity contribution in [3.63, 3.8) is 0 Å². The molecule has 2 aliphatic rings. The van der Waals surface area contributed by atoms with Crippen molar-refractivity contribution in [3.8, 4) is 11.5 Å². The summed E-state index contributed by atoms with van der Waals surface area (Å²) in [6.07, 6.45) is 1.89. The molecule has 1 aromatic heterocycles. The van der Waals surface area contributed by atoms with Crippen LogP contribution in [0.15, 0.2) is 77.9 Å². The molecule has 0 saturated heterocycles. The molecule has 0 radical (unpaired) electrons. The maximum absolute atomic E-state index is 7.74. The van der Waals surface area contributed by atoms with E-state index in [1.54, 1.807) is 0 Å². The number of nitrogens with zero attached hydrogens (tertiary/aromatic N) is 3. The first-order valence-corrected chi connectivity index (χ1v) is 14.2. The predicted molar refractivity (Wildman–Crippen MR) is 168 cm³/mol. The quantitative estimate of drug-likeness (QED) is 0.255. The predicted octanol–water partition coefficient (Wildman–Crippen LogP) is 9.06. The van der Waals surface area contributed by atoms with Gasteiger partial charge in [-0.05, 0) is 84.3 Å². The van der Waals surface area contributed by atoms with E-state index in [-0.39, 0.29) is 17.4 Å². The summed E-state index contributed by atoms with van der Waals surface area (Å²) in [5.41, 5.74) is 8.08. The van der Waals surface area contributed by atoms with Crippen LogP contribution in [0.3, 0.4) is 0 Å². The molecule has 5 heteroatoms. The van der Waals surface area contributed by atoms with Gasteiger partial charge in [0.15, 0.2) is 0 Å². The zero-order valence-corrected chi connectivity index (χ0v) is 24.9. The van der Waals surface area contributed by atoms with Crippen LogP contribution in [-0.2, 0) is 15.6 Å². The zero-order valence-electron chi connectivity index (χ0n) is 27.9. The largest absolute Gasteiger partial charge is 0.475 e. The second-order valence-corrected chi connectivity index (χ2v) is 12.6. The third-order valence-corrected chi connectivity index (χ3v) is 8.17. The van der Waals surface area contributed by atoms with Crippen molar-refractivity contribution in [2.45, 2.75) is 72.2 Å². The molecule has 1 atom stereocenters. The SMILES string of the molecule is [2H]C([2H])([2H])[C@@H]1COC(c2cc(Oc3ccc4c(c3)N(c3cc(C(C)(C)C)ccn3)c3ccccc3C4(C)C)c(C)cc2C)=N1. The lowest BCUT2D eigenvalue weighted by Crippen LogP contribution is -2.31. The van der Waals surface area contributed by atoms with E-state index < -0.39 is 12.9 Å². The van der Waals surface area contributed by atoms with Gasteiger partial charge in [0.1, 0.15) is 23.9 Å². The minimum absolute atomic E-state index is 0.0302. The molecule has 41 heavy (non-hydrogen) atoms. The maximum atomic E-state index is 7.74. The van der Waals surface area contributed by atoms with Gasteiger partial charge in [-0.3, -0.25) is 4.90 Å². The molecule has 3 aromatic carbocycles. The number of aliphatic imine (C=N–C) groups is 1. The molecule has 0 N–H and O–H groups in total. The van der Waals surface area contributed by atoms with E-state index in [1.807, 2.05) is 38.2 Å². The second kappa shape index (κ2) is 9.76. The Balaban J connectivity index is 1.44. The highest BCUT2D eigenvalue weighted by Crippen LogP contribution is 2.52. The van der Waals surface area contributed by atoms with Crippen LogP contribution < -0.4 is 9.64 Å². The number of anilines is 3. The Morgan fingerprint density at radius 3 is 2.49 bits per heavy atom. The summed E-state index contributed by atoms with van der Waals surface area (Å²) in [7, 11) is 0. The van der Waals surface area contributed by atoms with Gasteiger partial charge < -0.3 is 9.47 Å². The van der Waals surface area contributed by atoms with Gasteiger partial charge in [-0.25, -0.2) is 9.98 Å². The van der Waals surface area contributed by atoms with Crippen LogP contribution >= 0.6 is 0 Å². The lowest BCUT2D eigenvalue weighted by Gasteiger charge is -2.41. The summed E-state index contributed by atoms with van der Waals surface area (Å²) in [5.74, 6) is 2.54. The van der Waals surface area contributed by atoms with Crippen LogP contribution in [0.1, 0.15) is 79.0 Å². The number of hydrogen-bond donors (Lipinski definition) is 0. The Hall–Kier alpha value is -4.12. The smallest absolute Gasteiger partial charge is 0.216 e. The molecule has 5 nitrogen and oxygen atoms in total. The molecule has 4 aromatic rings. The van der Waals surface area contributed by atoms with Crippen LogP contribution in [0.4, 0.5) is 17.2 Å². The molecule has 0 bridgehead atoms. The molecule has 210 valence electrons. The summed E-state index contributed by atoms with van der Waals surface area (Å²) < 4.78 is 35.6. The van der Waals surface area contributed by atoms with Crippen molar-refractivity contribution in [3.05, 3.63) is 106 Å². The molecular weight excluding hydrogens is 506 g/mol. The number of ether oxygens (including phenoxy) is 2. The zero-order chi connectivity index (χ0) is 31.6. The molecule has 0 spiro atoms. The van der Waals surface area contributed by atoms with Crippen LogP contribution in [0, 0.1) is 13.8 Å². The van der Waals surface area contributed by atoms with E-state index in [0.717, 1.165) is 33.9 Å². The molecule has 2 aliphatic heterocycles. The third-order valence-electron chi connectivity index (χ3n) is 8.17. The summed E-state index contributed by atoms with van der Waals surface area (Å²) in [6.45, 7) is 12.9. The highest BCUT2D eigenvalue weighted by molar-refractivity contribution is 5.97. The highest BCUT2D eigenvalue weighted by Gasteiger charge is 2.37. The lowest BCUT2D eigenvalue weighted by molar-refractivity contribution is 0.324. The first kappa shape index (κ1) is 23.6. The van der Waals surface area contributed by atoms with E-state index in [2.05, 4.69) is 93.0 Å². The standard InChI is InChI=1S/C36H39N3O2/c1-22-17-23(2)32(20-27(22)34-38-24(3)21-40-34)41-26-13-14-29-31(19-26)39(30-12-10-9-11-28(30)36(29,7)8)33-18-25(15-16-37-33)35(4,5)6/h9-20,24H,21H2,1-8H3/t24-/m1/s1/i3D3. The third kappa shape index (κ3) is 4.77. The van der Waals surface area contributed by atoms with Gasteiger partial charge in [0.2, 0.25) is 5.90 Å². The summed E-state index contributed by atoms with van der Waals surface area (Å²) in [5, 5.41) is 0. The van der Waals surface area contributed by atoms with E-state index in [1.165, 1.54) is 16.7 Å². The van der Waals surface area contributed by atoms with Crippen LogP contribution in [0.25, 0.3) is 0 Å². The van der Waals surface area contributed by atoms with Gasteiger partial charge in [-0.2, -0.15) is 0 Å². The summed E-state index contributed by atoms with van der Waals surface area (Å²) >= 11 is 0. The summed E-state index contributed by atoms with van der Waals surface area (Å²) in [6, 6.07) is 22.1. The van der Waals surface area contributed by atoms with E-state index in [0.29, 0.717) is 17.4 Å². The first-order chi connectivity index (χ1) is 20.6. The molecule has 0 unspecified atom stereocenters. The fraction of sp³-hybridized carbons (Fsp3) is 0.333. The highest BCUT2D eigenvalue weighted by atomic mass is 16.5. The number of rotatable bonds is 4. The lowest BCUT2D eigenvalue weighted by atomic mass is 9.73. The van der Waals surface area contributed by atoms with Gasteiger partial charge >= 0.3 is 0 Å². The molecule has 6 rings (SSSR count). The molecule has 0 fully saturated rings. The fourth-order valence-electron chi connectivity index (χ4n) is 5.84. The molecule has 0 saturated carbocycles. The average molecular weight is 549 g/mol. The van der Waals surface area contributed by atoms with Crippen LogP contribution in [-0.4, -0.2) is 23.5 Å². The number of benzene rings is 3. The number of aromatic nitrogens is 1. The van der Waals surface area contributed by atoms with Gasteiger partial charge in [0.05, 0.1) is 17.4 Å². The Bertz CT molecular complexity index is 1790. The molecule has 0 amide bonds. The van der Waals surface area contributed by atoms with Crippen molar-refractivity contribution in [1.82, 2.24) is 4.98 Å². The van der Waals surface area contributed by atoms with Gasteiger partial charge in [0, 0.05) is 27.4 Å². The Kier molecular flexibility index (Phi) is 5.61. The number of pyridine rings is 1. The first-order valence-electron chi connectivity index (χ1n) is 15.7. The number of hydrogen-bond acceptors (Lipinski definition) is 5. The average Bonchev–Trinajstić information content (AvgIpc) is 3.45. The van der Waals surface area contributed by atoms with E-state index in [9.17, 15) is 0 Å². The van der Waals surface area contributed by atoms with E-state index in [4.69, 9.17) is 18.6 Å². The second-order valence-electron chi connectivity index (χ2n) is 12.6. The molecule has 3 heterocycles. The molecular formula is C36H39N3O2. The Morgan fingerprint density at radius 2 is 1.73 bits per heavy atom. The number of fused-ring (bicyclic) bond motifs is 2. The van der Waals surface area contributed by atoms with Crippen LogP contribution in [0.5, 0.6) is 11.5 Å². The minimum atomic E-state index is -2.21. The van der Waals surface area contributed by atoms with Crippen molar-refractivity contribution < 1.29 is 13.6 Å². The normalized spacial score (nSPS) is 18.8. The van der Waals surface area contributed by atoms with Crippen molar-refractivity contribution in [1.29, 1.82) is 0 Å². The summed E-state index contributed by atoms with van der Waals surface area (Å²) in [4.78, 5) is 11.5. The van der Waals surface area contributed by atoms with E-state index >= 15 is 0 Å². The topological polar surface area (TPSA) is 47.0 Å². The fourth-order valence-corrected chi connectivity index (χ4v) is 5.84. The van der Waals surface area contributed by atoms with Gasteiger partial charge in [-0.15, -0.1) is 0 Å². The van der Waals surface area contributed by atoms with Gasteiger partial charge in [-0.1, -0.05) is 65.0 Å². The van der Waals surface area contributed by atoms with Crippen molar-refractivity contribution in [2.75, 3.05) is 11.5 Å². The number of para-hydroxylation sites is 1. The van der Waals surface area contributed by atoms with Crippen molar-refractivity contribution >= 4 is 23.1 Å². The Labute approximate surface area is 248 Å². The number of aryl methyl sites for hydroxylation is 2. The monoisotopic (exact) mass is 548 g/mol. The van der Waals surface area contributed by atoms with Crippen LogP contribution in [0.2, 0.25) is 0 Å². The molecule has 0 aliphatic carbocycles.